The van der Waals surface area contributed by atoms with Crippen molar-refractivity contribution in [2.45, 2.75) is 50.7 Å². The summed E-state index contributed by atoms with van der Waals surface area (Å²) < 4.78 is 5.79. The first-order chi connectivity index (χ1) is 9.28. The molecule has 3 heteroatoms. The van der Waals surface area contributed by atoms with E-state index in [1.165, 1.54) is 24.8 Å². The van der Waals surface area contributed by atoms with Crippen LogP contribution in [0.2, 0.25) is 5.02 Å². The molecule has 0 radical (unpaired) electrons. The highest BCUT2D eigenvalue weighted by Gasteiger charge is 2.16. The molecule has 106 valence electrons. The van der Waals surface area contributed by atoms with Crippen molar-refractivity contribution in [3.63, 3.8) is 0 Å². The molecule has 1 N–H and O–H groups in total. The molecule has 0 aliphatic carbocycles. The zero-order valence-corrected chi connectivity index (χ0v) is 12.5. The molecule has 2 rings (SSSR count). The van der Waals surface area contributed by atoms with Crippen molar-refractivity contribution in [3.05, 3.63) is 34.9 Å². The third-order valence-corrected chi connectivity index (χ3v) is 4.13. The van der Waals surface area contributed by atoms with Gasteiger partial charge in [-0.25, -0.2) is 0 Å². The highest BCUT2D eigenvalue weighted by Crippen LogP contribution is 2.19. The Labute approximate surface area is 121 Å². The first-order valence-corrected chi connectivity index (χ1v) is 7.69. The third kappa shape index (κ3) is 5.13. The lowest BCUT2D eigenvalue weighted by molar-refractivity contribution is 0.00870. The minimum absolute atomic E-state index is 0.476. The van der Waals surface area contributed by atoms with Crippen LogP contribution in [0.15, 0.2) is 24.3 Å². The molecule has 1 heterocycles. The van der Waals surface area contributed by atoms with Crippen LogP contribution in [0.4, 0.5) is 0 Å². The predicted molar refractivity (Wildman–Crippen MR) is 80.8 cm³/mol. The number of nitrogens with one attached hydrogen (secondary N) is 1. The number of halogens is 1. The van der Waals surface area contributed by atoms with E-state index < -0.39 is 0 Å². The lowest BCUT2D eigenvalue weighted by atomic mass is 9.97. The van der Waals surface area contributed by atoms with Crippen LogP contribution in [0.3, 0.4) is 0 Å². The van der Waals surface area contributed by atoms with Crippen LogP contribution >= 0.6 is 11.6 Å². The van der Waals surface area contributed by atoms with Crippen molar-refractivity contribution in [3.8, 4) is 0 Å². The van der Waals surface area contributed by atoms with Gasteiger partial charge in [-0.15, -0.1) is 0 Å². The summed E-state index contributed by atoms with van der Waals surface area (Å²) in [6, 6.07) is 8.66. The van der Waals surface area contributed by atoms with E-state index in [1.807, 2.05) is 19.2 Å². The average Bonchev–Trinajstić information content (AvgIpc) is 2.44. The highest BCUT2D eigenvalue weighted by molar-refractivity contribution is 6.30. The van der Waals surface area contributed by atoms with Gasteiger partial charge in [-0.05, 0) is 63.3 Å². The lowest BCUT2D eigenvalue weighted by Crippen LogP contribution is -2.30. The SMILES string of the molecule is CNC(CCC1CCCCO1)Cc1cccc(Cl)c1. The van der Waals surface area contributed by atoms with Crippen LogP contribution in [0.25, 0.3) is 0 Å². The number of hydrogen-bond donors (Lipinski definition) is 1. The second-order valence-corrected chi connectivity index (χ2v) is 5.82. The minimum Gasteiger partial charge on any atom is -0.378 e. The zero-order valence-electron chi connectivity index (χ0n) is 11.7. The first-order valence-electron chi connectivity index (χ1n) is 7.31. The number of hydrogen-bond acceptors (Lipinski definition) is 2. The molecular formula is C16H24ClNO. The van der Waals surface area contributed by atoms with Crippen molar-refractivity contribution < 1.29 is 4.74 Å². The summed E-state index contributed by atoms with van der Waals surface area (Å²) in [4.78, 5) is 0. The van der Waals surface area contributed by atoms with Crippen molar-refractivity contribution >= 4 is 11.6 Å². The number of benzene rings is 1. The summed E-state index contributed by atoms with van der Waals surface area (Å²) in [5.74, 6) is 0. The fourth-order valence-electron chi connectivity index (χ4n) is 2.72. The molecule has 1 aliphatic heterocycles. The van der Waals surface area contributed by atoms with Crippen LogP contribution in [-0.4, -0.2) is 25.8 Å². The lowest BCUT2D eigenvalue weighted by Gasteiger charge is -2.25. The summed E-state index contributed by atoms with van der Waals surface area (Å²) in [5.41, 5.74) is 1.30. The van der Waals surface area contributed by atoms with E-state index in [0.717, 1.165) is 30.9 Å². The van der Waals surface area contributed by atoms with Crippen molar-refractivity contribution in [1.82, 2.24) is 5.32 Å². The van der Waals surface area contributed by atoms with Gasteiger partial charge in [-0.2, -0.15) is 0 Å². The quantitative estimate of drug-likeness (QED) is 0.856. The molecule has 0 aromatic heterocycles. The van der Waals surface area contributed by atoms with E-state index in [1.54, 1.807) is 0 Å². The summed E-state index contributed by atoms with van der Waals surface area (Å²) in [5, 5.41) is 4.23. The third-order valence-electron chi connectivity index (χ3n) is 3.89. The largest absolute Gasteiger partial charge is 0.378 e. The molecule has 2 unspecified atom stereocenters. The van der Waals surface area contributed by atoms with Gasteiger partial charge in [0, 0.05) is 17.7 Å². The molecule has 19 heavy (non-hydrogen) atoms. The van der Waals surface area contributed by atoms with Gasteiger partial charge in [0.2, 0.25) is 0 Å². The monoisotopic (exact) mass is 281 g/mol. The molecule has 0 saturated carbocycles. The topological polar surface area (TPSA) is 21.3 Å². The Kier molecular flexibility index (Phi) is 6.15. The molecule has 2 nitrogen and oxygen atoms in total. The summed E-state index contributed by atoms with van der Waals surface area (Å²) in [6.07, 6.45) is 7.61. The fraction of sp³-hybridized carbons (Fsp3) is 0.625. The summed E-state index contributed by atoms with van der Waals surface area (Å²) in [6.45, 7) is 0.948. The maximum Gasteiger partial charge on any atom is 0.0575 e. The average molecular weight is 282 g/mol. The molecule has 1 aromatic carbocycles. The number of rotatable bonds is 6. The van der Waals surface area contributed by atoms with Gasteiger partial charge < -0.3 is 10.1 Å². The Bertz CT molecular complexity index is 377. The molecular weight excluding hydrogens is 258 g/mol. The maximum absolute atomic E-state index is 6.03. The molecule has 1 aliphatic rings. The van der Waals surface area contributed by atoms with E-state index in [4.69, 9.17) is 16.3 Å². The molecule has 1 aromatic rings. The van der Waals surface area contributed by atoms with E-state index >= 15 is 0 Å². The van der Waals surface area contributed by atoms with Crippen molar-refractivity contribution in [1.29, 1.82) is 0 Å². The van der Waals surface area contributed by atoms with Gasteiger partial charge in [-0.3, -0.25) is 0 Å². The molecule has 2 atom stereocenters. The van der Waals surface area contributed by atoms with Gasteiger partial charge in [-0.1, -0.05) is 23.7 Å². The van der Waals surface area contributed by atoms with Crippen LogP contribution in [0.1, 0.15) is 37.7 Å². The molecule has 1 saturated heterocycles. The molecule has 0 amide bonds. The van der Waals surface area contributed by atoms with Gasteiger partial charge in [0.25, 0.3) is 0 Å². The predicted octanol–water partition coefficient (Wildman–Crippen LogP) is 3.82. The van der Waals surface area contributed by atoms with E-state index in [-0.39, 0.29) is 0 Å². The standard InChI is InChI=1S/C16H24ClNO/c1-18-15(8-9-16-7-2-3-10-19-16)12-13-5-4-6-14(17)11-13/h4-6,11,15-16,18H,2-3,7-10,12H2,1H3. The fourth-order valence-corrected chi connectivity index (χ4v) is 2.93. The normalized spacial score (nSPS) is 21.3. The van der Waals surface area contributed by atoms with Crippen molar-refractivity contribution in [2.24, 2.45) is 0 Å². The van der Waals surface area contributed by atoms with Gasteiger partial charge in [0.05, 0.1) is 6.10 Å². The van der Waals surface area contributed by atoms with E-state index in [0.29, 0.717) is 12.1 Å². The van der Waals surface area contributed by atoms with Gasteiger partial charge in [0.15, 0.2) is 0 Å². The smallest absolute Gasteiger partial charge is 0.0575 e. The Balaban J connectivity index is 1.79. The van der Waals surface area contributed by atoms with Crippen LogP contribution < -0.4 is 5.32 Å². The Morgan fingerprint density at radius 1 is 1.42 bits per heavy atom. The molecule has 1 fully saturated rings. The van der Waals surface area contributed by atoms with Gasteiger partial charge >= 0.3 is 0 Å². The van der Waals surface area contributed by atoms with Gasteiger partial charge in [0.1, 0.15) is 0 Å². The zero-order chi connectivity index (χ0) is 13.5. The second kappa shape index (κ2) is 7.88. The Morgan fingerprint density at radius 3 is 3.00 bits per heavy atom. The van der Waals surface area contributed by atoms with Crippen LogP contribution in [0, 0.1) is 0 Å². The van der Waals surface area contributed by atoms with E-state index in [2.05, 4.69) is 17.4 Å². The van der Waals surface area contributed by atoms with Crippen molar-refractivity contribution in [2.75, 3.05) is 13.7 Å². The second-order valence-electron chi connectivity index (χ2n) is 5.39. The highest BCUT2D eigenvalue weighted by atomic mass is 35.5. The number of ether oxygens (including phenoxy) is 1. The van der Waals surface area contributed by atoms with Crippen LogP contribution in [-0.2, 0) is 11.2 Å². The molecule has 0 spiro atoms. The molecule has 0 bridgehead atoms. The van der Waals surface area contributed by atoms with Crippen LogP contribution in [0.5, 0.6) is 0 Å². The maximum atomic E-state index is 6.03. The summed E-state index contributed by atoms with van der Waals surface area (Å²) in [7, 11) is 2.04. The Hall–Kier alpha value is -0.570. The van der Waals surface area contributed by atoms with E-state index in [9.17, 15) is 0 Å². The first kappa shape index (κ1) is 14.8. The minimum atomic E-state index is 0.476. The Morgan fingerprint density at radius 2 is 2.32 bits per heavy atom. The number of likely N-dealkylation sites (N-methyl/N-ethyl adjacent to an activating group) is 1. The summed E-state index contributed by atoms with van der Waals surface area (Å²) >= 11 is 6.03.